The van der Waals surface area contributed by atoms with E-state index in [-0.39, 0.29) is 11.7 Å². The van der Waals surface area contributed by atoms with Crippen molar-refractivity contribution < 1.29 is 9.59 Å². The van der Waals surface area contributed by atoms with Gasteiger partial charge in [-0.3, -0.25) is 9.59 Å². The quantitative estimate of drug-likeness (QED) is 0.788. The fourth-order valence-electron chi connectivity index (χ4n) is 3.22. The summed E-state index contributed by atoms with van der Waals surface area (Å²) in [7, 11) is 1.79. The zero-order valence-corrected chi connectivity index (χ0v) is 14.8. The number of para-hydroxylation sites is 1. The number of nitrogens with zero attached hydrogens (tertiary/aromatic N) is 1. The summed E-state index contributed by atoms with van der Waals surface area (Å²) in [5.74, 6) is -0.430. The van der Waals surface area contributed by atoms with Crippen molar-refractivity contribution in [1.82, 2.24) is 0 Å². The average molecular weight is 337 g/mol. The zero-order valence-electron chi connectivity index (χ0n) is 13.9. The lowest BCUT2D eigenvalue weighted by atomic mass is 9.93. The maximum Gasteiger partial charge on any atom is 0.239 e. The first-order chi connectivity index (χ1) is 11.6. The number of thioether (sulfide) groups is 1. The molecule has 3 nitrogen and oxygen atoms in total. The van der Waals surface area contributed by atoms with E-state index in [0.29, 0.717) is 5.57 Å². The number of carbonyl (C=O) groups excluding carboxylic acids is 2. The van der Waals surface area contributed by atoms with E-state index in [0.717, 1.165) is 21.7 Å². The molecular formula is C20H19NO2S. The van der Waals surface area contributed by atoms with E-state index in [2.05, 4.69) is 0 Å². The fraction of sp³-hybridized carbons (Fsp3) is 0.200. The van der Waals surface area contributed by atoms with E-state index in [4.69, 9.17) is 0 Å². The third-order valence-corrected chi connectivity index (χ3v) is 5.21. The molecule has 4 heteroatoms. The van der Waals surface area contributed by atoms with E-state index in [1.165, 1.54) is 11.8 Å². The van der Waals surface area contributed by atoms with Gasteiger partial charge in [-0.15, -0.1) is 11.8 Å². The molecule has 1 heterocycles. The van der Waals surface area contributed by atoms with Gasteiger partial charge < -0.3 is 4.90 Å². The predicted molar refractivity (Wildman–Crippen MR) is 100 cm³/mol. The highest BCUT2D eigenvalue weighted by atomic mass is 32.2. The minimum Gasteiger partial charge on any atom is -0.314 e. The number of Topliss-reactive ketones (excluding diaryl/α,β-unsaturated/α-hetero) is 1. The van der Waals surface area contributed by atoms with Crippen LogP contribution in [0.1, 0.15) is 24.0 Å². The molecule has 122 valence electrons. The highest BCUT2D eigenvalue weighted by Gasteiger charge is 2.39. The maximum atomic E-state index is 12.9. The van der Waals surface area contributed by atoms with Crippen molar-refractivity contribution in [3.05, 3.63) is 70.6 Å². The molecule has 1 atom stereocenters. The number of allylic oxidation sites excluding steroid dienone is 1. The van der Waals surface area contributed by atoms with Crippen molar-refractivity contribution in [1.29, 1.82) is 0 Å². The molecule has 1 unspecified atom stereocenters. The molecule has 0 N–H and O–H groups in total. The third-order valence-electron chi connectivity index (χ3n) is 4.33. The molecule has 3 rings (SSSR count). The number of amides is 1. The molecule has 1 amide bonds. The number of anilines is 1. The SMILES string of the molecule is CS/C(=C(/C(C)=O)c1ccccc1)C1C(=O)N(C)c2ccccc21. The molecule has 1 aliphatic rings. The Bertz CT molecular complexity index is 827. The lowest BCUT2D eigenvalue weighted by molar-refractivity contribution is -0.118. The first kappa shape index (κ1) is 16.5. The number of hydrogen-bond donors (Lipinski definition) is 0. The number of likely N-dealkylation sites (N-methyl/N-ethyl adjacent to an activating group) is 1. The van der Waals surface area contributed by atoms with Gasteiger partial charge in [0, 0.05) is 23.2 Å². The van der Waals surface area contributed by atoms with E-state index >= 15 is 0 Å². The first-order valence-electron chi connectivity index (χ1n) is 7.77. The van der Waals surface area contributed by atoms with E-state index < -0.39 is 5.92 Å². The Labute approximate surface area is 146 Å². The molecule has 0 fully saturated rings. The smallest absolute Gasteiger partial charge is 0.239 e. The Morgan fingerprint density at radius 1 is 1.04 bits per heavy atom. The zero-order chi connectivity index (χ0) is 17.3. The van der Waals surface area contributed by atoms with Gasteiger partial charge in [0.1, 0.15) is 0 Å². The average Bonchev–Trinajstić information content (AvgIpc) is 2.85. The van der Waals surface area contributed by atoms with Gasteiger partial charge in [0.05, 0.1) is 5.92 Å². The minimum atomic E-state index is -0.416. The Hall–Kier alpha value is -2.33. The lowest BCUT2D eigenvalue weighted by Crippen LogP contribution is -2.25. The van der Waals surface area contributed by atoms with Crippen molar-refractivity contribution in [2.75, 3.05) is 18.2 Å². The molecule has 0 bridgehead atoms. The van der Waals surface area contributed by atoms with E-state index in [1.54, 1.807) is 18.9 Å². The minimum absolute atomic E-state index is 0.00947. The van der Waals surface area contributed by atoms with Gasteiger partial charge in [-0.05, 0) is 30.4 Å². The van der Waals surface area contributed by atoms with Crippen LogP contribution in [0.15, 0.2) is 59.5 Å². The second kappa shape index (κ2) is 6.65. The second-order valence-electron chi connectivity index (χ2n) is 5.75. The third kappa shape index (κ3) is 2.67. The lowest BCUT2D eigenvalue weighted by Gasteiger charge is -2.18. The standard InChI is InChI=1S/C20H19NO2S/c1-13(22)17(14-9-5-4-6-10-14)19(24-3)18-15-11-7-8-12-16(15)21(2)20(18)23/h4-12,18H,1-3H3/b19-17-. The van der Waals surface area contributed by atoms with Gasteiger partial charge in [0.2, 0.25) is 5.91 Å². The summed E-state index contributed by atoms with van der Waals surface area (Å²) in [6.45, 7) is 1.56. The molecule has 0 aliphatic carbocycles. The second-order valence-corrected chi connectivity index (χ2v) is 6.60. The van der Waals surface area contributed by atoms with Crippen molar-refractivity contribution in [3.8, 4) is 0 Å². The number of fused-ring (bicyclic) bond motifs is 1. The van der Waals surface area contributed by atoms with Gasteiger partial charge in [0.15, 0.2) is 5.78 Å². The van der Waals surface area contributed by atoms with E-state index in [1.807, 2.05) is 60.9 Å². The fourth-order valence-corrected chi connectivity index (χ4v) is 4.15. The number of ketones is 1. The van der Waals surface area contributed by atoms with Gasteiger partial charge in [-0.2, -0.15) is 0 Å². The number of carbonyl (C=O) groups is 2. The molecule has 0 spiro atoms. The van der Waals surface area contributed by atoms with Crippen LogP contribution in [0.25, 0.3) is 5.57 Å². The normalized spacial score (nSPS) is 17.5. The summed E-state index contributed by atoms with van der Waals surface area (Å²) in [4.78, 5) is 27.8. The molecule has 0 saturated carbocycles. The van der Waals surface area contributed by atoms with Crippen LogP contribution in [-0.4, -0.2) is 25.0 Å². The largest absolute Gasteiger partial charge is 0.314 e. The molecule has 0 radical (unpaired) electrons. The van der Waals surface area contributed by atoms with Crippen molar-refractivity contribution in [2.24, 2.45) is 0 Å². The van der Waals surface area contributed by atoms with Crippen LogP contribution in [0.5, 0.6) is 0 Å². The summed E-state index contributed by atoms with van der Waals surface area (Å²) in [6, 6.07) is 17.4. The maximum absolute atomic E-state index is 12.9. The summed E-state index contributed by atoms with van der Waals surface area (Å²) in [5.41, 5.74) is 3.36. The Kier molecular flexibility index (Phi) is 4.58. The molecule has 2 aromatic rings. The van der Waals surface area contributed by atoms with Crippen LogP contribution in [0.2, 0.25) is 0 Å². The molecule has 0 saturated heterocycles. The van der Waals surface area contributed by atoms with Crippen molar-refractivity contribution >= 4 is 34.7 Å². The molecule has 24 heavy (non-hydrogen) atoms. The summed E-state index contributed by atoms with van der Waals surface area (Å²) in [6.07, 6.45) is 1.93. The van der Waals surface area contributed by atoms with Gasteiger partial charge in [-0.25, -0.2) is 0 Å². The van der Waals surface area contributed by atoms with Crippen LogP contribution in [0.4, 0.5) is 5.69 Å². The topological polar surface area (TPSA) is 37.4 Å². The van der Waals surface area contributed by atoms with E-state index in [9.17, 15) is 9.59 Å². The summed E-state index contributed by atoms with van der Waals surface area (Å²) < 4.78 is 0. The Balaban J connectivity index is 2.24. The Morgan fingerprint density at radius 2 is 1.67 bits per heavy atom. The van der Waals surface area contributed by atoms with Crippen LogP contribution in [0.3, 0.4) is 0 Å². The van der Waals surface area contributed by atoms with Gasteiger partial charge in [0.25, 0.3) is 0 Å². The molecule has 1 aliphatic heterocycles. The number of hydrogen-bond acceptors (Lipinski definition) is 3. The highest BCUT2D eigenvalue weighted by Crippen LogP contribution is 2.46. The van der Waals surface area contributed by atoms with Gasteiger partial charge >= 0.3 is 0 Å². The highest BCUT2D eigenvalue weighted by molar-refractivity contribution is 8.02. The van der Waals surface area contributed by atoms with Gasteiger partial charge in [-0.1, -0.05) is 48.5 Å². The summed E-state index contributed by atoms with van der Waals surface area (Å²) in [5, 5.41) is 0. The molecule has 2 aromatic carbocycles. The van der Waals surface area contributed by atoms with Crippen molar-refractivity contribution in [2.45, 2.75) is 12.8 Å². The summed E-state index contributed by atoms with van der Waals surface area (Å²) >= 11 is 1.48. The van der Waals surface area contributed by atoms with Crippen LogP contribution in [0, 0.1) is 0 Å². The number of rotatable bonds is 4. The number of benzene rings is 2. The predicted octanol–water partition coefficient (Wildman–Crippen LogP) is 4.11. The Morgan fingerprint density at radius 3 is 2.29 bits per heavy atom. The van der Waals surface area contributed by atoms with Crippen LogP contribution in [-0.2, 0) is 9.59 Å². The first-order valence-corrected chi connectivity index (χ1v) is 8.99. The monoisotopic (exact) mass is 337 g/mol. The van der Waals surface area contributed by atoms with Crippen LogP contribution < -0.4 is 4.90 Å². The molecule has 0 aromatic heterocycles. The van der Waals surface area contributed by atoms with Crippen molar-refractivity contribution in [3.63, 3.8) is 0 Å². The molecular weight excluding hydrogens is 318 g/mol. The van der Waals surface area contributed by atoms with Crippen LogP contribution >= 0.6 is 11.8 Å².